The zero-order valence-corrected chi connectivity index (χ0v) is 10.8. The first-order valence-corrected chi connectivity index (χ1v) is 6.38. The van der Waals surface area contributed by atoms with E-state index < -0.39 is 5.54 Å². The first-order valence-electron chi connectivity index (χ1n) is 6.38. The van der Waals surface area contributed by atoms with Crippen LogP contribution in [0.15, 0.2) is 0 Å². The number of nitrogens with one attached hydrogen (secondary N) is 1. The molecule has 5 heteroatoms. The standard InChI is InChI=1S/C12H23N3O2/c1-3-15(4-2)10(16)9-14-11(17)12(13)7-5-6-8-12/h3-9,13H2,1-2H3,(H,14,17). The molecule has 0 aromatic rings. The number of nitrogens with two attached hydrogens (primary N) is 1. The lowest BCUT2D eigenvalue weighted by molar-refractivity contribution is -0.134. The van der Waals surface area contributed by atoms with Gasteiger partial charge in [0.2, 0.25) is 11.8 Å². The number of nitrogens with zero attached hydrogens (tertiary/aromatic N) is 1. The Hall–Kier alpha value is -1.10. The molecule has 0 aromatic heterocycles. The minimum Gasteiger partial charge on any atom is -0.345 e. The van der Waals surface area contributed by atoms with Crippen LogP contribution in [0.2, 0.25) is 0 Å². The number of rotatable bonds is 5. The molecule has 0 aliphatic heterocycles. The summed E-state index contributed by atoms with van der Waals surface area (Å²) in [7, 11) is 0. The summed E-state index contributed by atoms with van der Waals surface area (Å²) in [4.78, 5) is 25.3. The molecule has 0 bridgehead atoms. The first kappa shape index (κ1) is 14.0. The Morgan fingerprint density at radius 2 is 1.76 bits per heavy atom. The lowest BCUT2D eigenvalue weighted by Crippen LogP contribution is -2.53. The van der Waals surface area contributed by atoms with Crippen LogP contribution in [0.3, 0.4) is 0 Å². The lowest BCUT2D eigenvalue weighted by Gasteiger charge is -2.24. The van der Waals surface area contributed by atoms with Crippen LogP contribution in [0.1, 0.15) is 39.5 Å². The Kier molecular flexibility index (Phi) is 4.93. The summed E-state index contributed by atoms with van der Waals surface area (Å²) in [6.07, 6.45) is 3.43. The highest BCUT2D eigenvalue weighted by Crippen LogP contribution is 2.27. The van der Waals surface area contributed by atoms with E-state index in [9.17, 15) is 9.59 Å². The van der Waals surface area contributed by atoms with Crippen molar-refractivity contribution in [2.45, 2.75) is 45.1 Å². The summed E-state index contributed by atoms with van der Waals surface area (Å²) in [5.74, 6) is -0.236. The SMILES string of the molecule is CCN(CC)C(=O)CNC(=O)C1(N)CCCC1. The van der Waals surface area contributed by atoms with Crippen LogP contribution in [0.4, 0.5) is 0 Å². The van der Waals surface area contributed by atoms with Crippen molar-refractivity contribution < 1.29 is 9.59 Å². The van der Waals surface area contributed by atoms with E-state index in [0.29, 0.717) is 13.1 Å². The Morgan fingerprint density at radius 1 is 1.24 bits per heavy atom. The fourth-order valence-electron chi connectivity index (χ4n) is 2.25. The minimum absolute atomic E-state index is 0.0510. The number of carbonyl (C=O) groups excluding carboxylic acids is 2. The molecule has 0 saturated heterocycles. The molecule has 5 nitrogen and oxygen atoms in total. The summed E-state index contributed by atoms with van der Waals surface area (Å²) in [5, 5.41) is 2.66. The summed E-state index contributed by atoms with van der Waals surface area (Å²) in [5.41, 5.74) is 5.25. The minimum atomic E-state index is -0.746. The Bertz CT molecular complexity index is 281. The lowest BCUT2D eigenvalue weighted by atomic mass is 9.98. The highest BCUT2D eigenvalue weighted by Gasteiger charge is 2.36. The third-order valence-corrected chi connectivity index (χ3v) is 3.46. The predicted molar refractivity (Wildman–Crippen MR) is 66.3 cm³/mol. The van der Waals surface area contributed by atoms with Gasteiger partial charge in [-0.2, -0.15) is 0 Å². The molecule has 1 aliphatic rings. The van der Waals surface area contributed by atoms with Crippen LogP contribution in [0, 0.1) is 0 Å². The van der Waals surface area contributed by atoms with Gasteiger partial charge in [-0.1, -0.05) is 12.8 Å². The van der Waals surface area contributed by atoms with E-state index in [2.05, 4.69) is 5.32 Å². The molecule has 0 radical (unpaired) electrons. The molecule has 1 fully saturated rings. The van der Waals surface area contributed by atoms with Gasteiger partial charge in [0, 0.05) is 13.1 Å². The highest BCUT2D eigenvalue weighted by atomic mass is 16.2. The molecule has 1 rings (SSSR count). The maximum Gasteiger partial charge on any atom is 0.241 e. The maximum absolute atomic E-state index is 11.9. The van der Waals surface area contributed by atoms with Gasteiger partial charge >= 0.3 is 0 Å². The fraction of sp³-hybridized carbons (Fsp3) is 0.833. The summed E-state index contributed by atoms with van der Waals surface area (Å²) < 4.78 is 0. The first-order chi connectivity index (χ1) is 8.03. The van der Waals surface area contributed by atoms with Crippen molar-refractivity contribution in [3.8, 4) is 0 Å². The van der Waals surface area contributed by atoms with Crippen LogP contribution in [-0.4, -0.2) is 41.9 Å². The quantitative estimate of drug-likeness (QED) is 0.724. The van der Waals surface area contributed by atoms with E-state index in [1.165, 1.54) is 0 Å². The molecular formula is C12H23N3O2. The van der Waals surface area contributed by atoms with Crippen LogP contribution in [-0.2, 0) is 9.59 Å². The van der Waals surface area contributed by atoms with Crippen molar-refractivity contribution in [1.29, 1.82) is 0 Å². The molecule has 0 spiro atoms. The highest BCUT2D eigenvalue weighted by molar-refractivity contribution is 5.90. The molecule has 0 unspecified atom stereocenters. The molecule has 1 aliphatic carbocycles. The van der Waals surface area contributed by atoms with Crippen LogP contribution in [0.25, 0.3) is 0 Å². The number of hydrogen-bond acceptors (Lipinski definition) is 3. The molecular weight excluding hydrogens is 218 g/mol. The van der Waals surface area contributed by atoms with Gasteiger partial charge in [0.25, 0.3) is 0 Å². The Morgan fingerprint density at radius 3 is 2.24 bits per heavy atom. The molecule has 0 heterocycles. The summed E-state index contributed by atoms with van der Waals surface area (Å²) in [6.45, 7) is 5.23. The van der Waals surface area contributed by atoms with Gasteiger partial charge in [-0.25, -0.2) is 0 Å². The second kappa shape index (κ2) is 6.00. The number of hydrogen-bond donors (Lipinski definition) is 2. The molecule has 17 heavy (non-hydrogen) atoms. The largest absolute Gasteiger partial charge is 0.345 e. The van der Waals surface area contributed by atoms with Crippen LogP contribution >= 0.6 is 0 Å². The third kappa shape index (κ3) is 3.43. The number of likely N-dealkylation sites (N-methyl/N-ethyl adjacent to an activating group) is 1. The zero-order chi connectivity index (χ0) is 12.9. The molecule has 1 saturated carbocycles. The molecule has 3 N–H and O–H groups in total. The monoisotopic (exact) mass is 241 g/mol. The van der Waals surface area contributed by atoms with Crippen molar-refractivity contribution in [3.63, 3.8) is 0 Å². The second-order valence-corrected chi connectivity index (χ2v) is 4.61. The average molecular weight is 241 g/mol. The van der Waals surface area contributed by atoms with E-state index in [4.69, 9.17) is 5.73 Å². The second-order valence-electron chi connectivity index (χ2n) is 4.61. The fourth-order valence-corrected chi connectivity index (χ4v) is 2.25. The van der Waals surface area contributed by atoms with Crippen molar-refractivity contribution in [1.82, 2.24) is 10.2 Å². The van der Waals surface area contributed by atoms with Gasteiger partial charge in [0.15, 0.2) is 0 Å². The number of amides is 2. The van der Waals surface area contributed by atoms with Crippen molar-refractivity contribution >= 4 is 11.8 Å². The molecule has 0 aromatic carbocycles. The van der Waals surface area contributed by atoms with Gasteiger partial charge in [0.05, 0.1) is 12.1 Å². The average Bonchev–Trinajstić information content (AvgIpc) is 2.76. The predicted octanol–water partition coefficient (Wildman–Crippen LogP) is 0.243. The van der Waals surface area contributed by atoms with E-state index in [1.807, 2.05) is 13.8 Å². The molecule has 0 atom stereocenters. The van der Waals surface area contributed by atoms with E-state index >= 15 is 0 Å². The van der Waals surface area contributed by atoms with Gasteiger partial charge in [-0.3, -0.25) is 9.59 Å². The normalized spacial score (nSPS) is 17.8. The Balaban J connectivity index is 2.40. The third-order valence-electron chi connectivity index (χ3n) is 3.46. The van der Waals surface area contributed by atoms with E-state index in [-0.39, 0.29) is 18.4 Å². The maximum atomic E-state index is 11.9. The van der Waals surface area contributed by atoms with Crippen LogP contribution in [0.5, 0.6) is 0 Å². The van der Waals surface area contributed by atoms with E-state index in [0.717, 1.165) is 25.7 Å². The molecule has 2 amide bonds. The van der Waals surface area contributed by atoms with Crippen molar-refractivity contribution in [3.05, 3.63) is 0 Å². The van der Waals surface area contributed by atoms with Crippen LogP contribution < -0.4 is 11.1 Å². The zero-order valence-electron chi connectivity index (χ0n) is 10.8. The van der Waals surface area contributed by atoms with Gasteiger partial charge in [0.1, 0.15) is 0 Å². The van der Waals surface area contributed by atoms with Gasteiger partial charge in [-0.15, -0.1) is 0 Å². The smallest absolute Gasteiger partial charge is 0.241 e. The Labute approximate surface area is 103 Å². The van der Waals surface area contributed by atoms with Crippen molar-refractivity contribution in [2.24, 2.45) is 5.73 Å². The number of carbonyl (C=O) groups is 2. The topological polar surface area (TPSA) is 75.4 Å². The summed E-state index contributed by atoms with van der Waals surface area (Å²) in [6, 6.07) is 0. The van der Waals surface area contributed by atoms with E-state index in [1.54, 1.807) is 4.90 Å². The molecule has 98 valence electrons. The summed E-state index contributed by atoms with van der Waals surface area (Å²) >= 11 is 0. The van der Waals surface area contributed by atoms with Crippen molar-refractivity contribution in [2.75, 3.05) is 19.6 Å². The van der Waals surface area contributed by atoms with Gasteiger partial charge in [-0.05, 0) is 26.7 Å². The van der Waals surface area contributed by atoms with Gasteiger partial charge < -0.3 is 16.0 Å².